The Hall–Kier alpha value is -2.80. The predicted molar refractivity (Wildman–Crippen MR) is 123 cm³/mol. The Bertz CT molecular complexity index is 1060. The summed E-state index contributed by atoms with van der Waals surface area (Å²) in [5.41, 5.74) is 0.765. The minimum atomic E-state index is -0.427. The zero-order valence-electron chi connectivity index (χ0n) is 17.8. The first-order valence-corrected chi connectivity index (χ1v) is 11.5. The molecule has 0 unspecified atom stereocenters. The van der Waals surface area contributed by atoms with Crippen LogP contribution < -0.4 is 4.74 Å². The zero-order chi connectivity index (χ0) is 22.0. The van der Waals surface area contributed by atoms with Crippen LogP contribution in [0.2, 0.25) is 0 Å². The number of rotatable bonds is 5. The molecule has 2 saturated heterocycles. The molecule has 0 radical (unpaired) electrons. The number of carbonyl (C=O) groups excluding carboxylic acids is 3. The zero-order valence-corrected chi connectivity index (χ0v) is 18.6. The first-order valence-electron chi connectivity index (χ1n) is 10.7. The van der Waals surface area contributed by atoms with Crippen molar-refractivity contribution in [2.24, 2.45) is 0 Å². The smallest absolute Gasteiger partial charge is 0.294 e. The largest absolute Gasteiger partial charge is 0.493 e. The fourth-order valence-corrected chi connectivity index (χ4v) is 4.99. The Morgan fingerprint density at radius 3 is 2.77 bits per heavy atom. The molecule has 2 fully saturated rings. The predicted octanol–water partition coefficient (Wildman–Crippen LogP) is 4.68. The van der Waals surface area contributed by atoms with Crippen LogP contribution in [0.4, 0.5) is 4.79 Å². The second-order valence-corrected chi connectivity index (χ2v) is 8.82. The molecule has 31 heavy (non-hydrogen) atoms. The molecule has 2 aromatic carbocycles. The number of nitrogens with zero attached hydrogens (tertiary/aromatic N) is 2. The van der Waals surface area contributed by atoms with Crippen LogP contribution in [0.3, 0.4) is 0 Å². The molecule has 2 aromatic rings. The summed E-state index contributed by atoms with van der Waals surface area (Å²) in [6, 6.07) is 11.8. The summed E-state index contributed by atoms with van der Waals surface area (Å²) in [6.07, 6.45) is 4.72. The topological polar surface area (TPSA) is 66.9 Å². The number of amides is 3. The Labute approximate surface area is 186 Å². The summed E-state index contributed by atoms with van der Waals surface area (Å²) in [7, 11) is 0. The molecular weight excluding hydrogens is 412 g/mol. The van der Waals surface area contributed by atoms with E-state index in [-0.39, 0.29) is 18.5 Å². The number of imide groups is 1. The highest BCUT2D eigenvalue weighted by Gasteiger charge is 2.38. The van der Waals surface area contributed by atoms with Crippen LogP contribution in [0.25, 0.3) is 16.8 Å². The van der Waals surface area contributed by atoms with E-state index in [2.05, 4.69) is 0 Å². The van der Waals surface area contributed by atoms with Gasteiger partial charge < -0.3 is 9.64 Å². The second kappa shape index (κ2) is 9.14. The molecule has 162 valence electrons. The van der Waals surface area contributed by atoms with Gasteiger partial charge in [0.1, 0.15) is 12.3 Å². The Balaban J connectivity index is 1.62. The highest BCUT2D eigenvalue weighted by Crippen LogP contribution is 2.37. The molecule has 0 aliphatic carbocycles. The number of hydrogen-bond acceptors (Lipinski definition) is 5. The molecule has 3 amide bonds. The van der Waals surface area contributed by atoms with Gasteiger partial charge in [-0.05, 0) is 67.8 Å². The number of carbonyl (C=O) groups is 3. The van der Waals surface area contributed by atoms with Crippen molar-refractivity contribution in [3.8, 4) is 5.75 Å². The van der Waals surface area contributed by atoms with Crippen molar-refractivity contribution in [2.45, 2.75) is 39.2 Å². The standard InChI is InChI=1S/C24H26N2O4S/c1-3-30-20-12-11-17-9-4-5-10-18(17)19(20)14-21-23(28)26(24(29)31-21)15-22(27)25-13-7-6-8-16(25)2/h4-5,9-12,14,16H,3,6-8,13,15H2,1-2H3/b21-14-/t16-/m1/s1. The molecule has 0 spiro atoms. The number of likely N-dealkylation sites (tertiary alicyclic amines) is 1. The molecule has 7 heteroatoms. The van der Waals surface area contributed by atoms with Gasteiger partial charge in [0.25, 0.3) is 11.1 Å². The summed E-state index contributed by atoms with van der Waals surface area (Å²) in [5.74, 6) is 0.0607. The maximum Gasteiger partial charge on any atom is 0.294 e. The molecule has 0 saturated carbocycles. The first-order chi connectivity index (χ1) is 15.0. The summed E-state index contributed by atoms with van der Waals surface area (Å²) >= 11 is 0.874. The van der Waals surface area contributed by atoms with Crippen LogP contribution in [0.1, 0.15) is 38.7 Å². The van der Waals surface area contributed by atoms with Gasteiger partial charge in [-0.15, -0.1) is 0 Å². The van der Waals surface area contributed by atoms with Gasteiger partial charge in [-0.2, -0.15) is 0 Å². The molecule has 1 atom stereocenters. The lowest BCUT2D eigenvalue weighted by atomic mass is 10.0. The van der Waals surface area contributed by atoms with Gasteiger partial charge >= 0.3 is 0 Å². The Morgan fingerprint density at radius 1 is 1.19 bits per heavy atom. The summed E-state index contributed by atoms with van der Waals surface area (Å²) in [4.78, 5) is 41.5. The maximum atomic E-state index is 13.0. The van der Waals surface area contributed by atoms with Gasteiger partial charge in [-0.25, -0.2) is 0 Å². The van der Waals surface area contributed by atoms with E-state index in [1.54, 1.807) is 11.0 Å². The van der Waals surface area contributed by atoms with Crippen molar-refractivity contribution >= 4 is 45.7 Å². The van der Waals surface area contributed by atoms with Crippen molar-refractivity contribution < 1.29 is 19.1 Å². The van der Waals surface area contributed by atoms with Crippen LogP contribution in [0.5, 0.6) is 5.75 Å². The van der Waals surface area contributed by atoms with Gasteiger partial charge in [0.05, 0.1) is 11.5 Å². The molecule has 4 rings (SSSR count). The van der Waals surface area contributed by atoms with Crippen molar-refractivity contribution in [3.63, 3.8) is 0 Å². The summed E-state index contributed by atoms with van der Waals surface area (Å²) in [5, 5.41) is 1.55. The van der Waals surface area contributed by atoms with Crippen molar-refractivity contribution in [1.29, 1.82) is 0 Å². The molecule has 0 aromatic heterocycles. The van der Waals surface area contributed by atoms with E-state index in [0.29, 0.717) is 23.8 Å². The number of ether oxygens (including phenoxy) is 1. The Morgan fingerprint density at radius 2 is 2.00 bits per heavy atom. The number of benzene rings is 2. The molecule has 2 aliphatic heterocycles. The van der Waals surface area contributed by atoms with Gasteiger partial charge in [-0.3, -0.25) is 19.3 Å². The highest BCUT2D eigenvalue weighted by molar-refractivity contribution is 8.18. The molecule has 0 bridgehead atoms. The van der Waals surface area contributed by atoms with Crippen molar-refractivity contribution in [1.82, 2.24) is 9.80 Å². The van der Waals surface area contributed by atoms with Gasteiger partial charge in [0, 0.05) is 18.2 Å². The lowest BCUT2D eigenvalue weighted by Gasteiger charge is -2.34. The number of hydrogen-bond donors (Lipinski definition) is 0. The fraction of sp³-hybridized carbons (Fsp3) is 0.375. The minimum Gasteiger partial charge on any atom is -0.493 e. The number of piperidine rings is 1. The molecular formula is C24H26N2O4S. The number of fused-ring (bicyclic) bond motifs is 1. The minimum absolute atomic E-state index is 0.140. The summed E-state index contributed by atoms with van der Waals surface area (Å²) in [6.45, 7) is 4.88. The van der Waals surface area contributed by atoms with Gasteiger partial charge in [0.15, 0.2) is 0 Å². The number of thioether (sulfide) groups is 1. The van der Waals surface area contributed by atoms with Crippen molar-refractivity contribution in [3.05, 3.63) is 46.9 Å². The van der Waals surface area contributed by atoms with E-state index >= 15 is 0 Å². The highest BCUT2D eigenvalue weighted by atomic mass is 32.2. The molecule has 6 nitrogen and oxygen atoms in total. The normalized spacial score (nSPS) is 20.7. The third kappa shape index (κ3) is 4.32. The van der Waals surface area contributed by atoms with Crippen LogP contribution >= 0.6 is 11.8 Å². The van der Waals surface area contributed by atoms with E-state index in [1.807, 2.05) is 50.2 Å². The quantitative estimate of drug-likeness (QED) is 0.635. The van der Waals surface area contributed by atoms with E-state index in [1.165, 1.54) is 0 Å². The van der Waals surface area contributed by atoms with E-state index in [9.17, 15) is 14.4 Å². The lowest BCUT2D eigenvalue weighted by Crippen LogP contribution is -2.47. The van der Waals surface area contributed by atoms with Crippen LogP contribution in [0, 0.1) is 0 Å². The van der Waals surface area contributed by atoms with Gasteiger partial charge in [0.2, 0.25) is 5.91 Å². The van der Waals surface area contributed by atoms with Crippen LogP contribution in [-0.4, -0.2) is 52.6 Å². The van der Waals surface area contributed by atoms with E-state index < -0.39 is 11.1 Å². The SMILES string of the molecule is CCOc1ccc2ccccc2c1/C=C1\SC(=O)N(CC(=O)N2CCCC[C@H]2C)C1=O. The average molecular weight is 439 g/mol. The molecule has 2 aliphatic rings. The van der Waals surface area contributed by atoms with E-state index in [0.717, 1.165) is 52.3 Å². The maximum absolute atomic E-state index is 13.0. The summed E-state index contributed by atoms with van der Waals surface area (Å²) < 4.78 is 5.78. The van der Waals surface area contributed by atoms with Gasteiger partial charge in [-0.1, -0.05) is 30.3 Å². The Kier molecular flexibility index (Phi) is 6.32. The third-order valence-corrected chi connectivity index (χ3v) is 6.70. The second-order valence-electron chi connectivity index (χ2n) is 7.83. The van der Waals surface area contributed by atoms with Crippen LogP contribution in [0.15, 0.2) is 41.3 Å². The third-order valence-electron chi connectivity index (χ3n) is 5.80. The fourth-order valence-electron chi connectivity index (χ4n) is 4.17. The lowest BCUT2D eigenvalue weighted by molar-refractivity contribution is -0.138. The molecule has 0 N–H and O–H groups in total. The van der Waals surface area contributed by atoms with Crippen molar-refractivity contribution in [2.75, 3.05) is 19.7 Å². The monoisotopic (exact) mass is 438 g/mol. The first kappa shape index (κ1) is 21.4. The van der Waals surface area contributed by atoms with E-state index in [4.69, 9.17) is 4.74 Å². The van der Waals surface area contributed by atoms with Crippen LogP contribution in [-0.2, 0) is 9.59 Å². The molecule has 2 heterocycles. The average Bonchev–Trinajstić information content (AvgIpc) is 3.03.